The molecule has 0 fully saturated rings. The summed E-state index contributed by atoms with van der Waals surface area (Å²) in [5, 5.41) is 0.646. The second-order valence-electron chi connectivity index (χ2n) is 5.11. The van der Waals surface area contributed by atoms with Crippen molar-refractivity contribution in [2.45, 2.75) is 39.7 Å². The van der Waals surface area contributed by atoms with E-state index in [9.17, 15) is 4.79 Å². The van der Waals surface area contributed by atoms with Gasteiger partial charge in [0.15, 0.2) is 5.65 Å². The van der Waals surface area contributed by atoms with Gasteiger partial charge >= 0.3 is 0 Å². The molecule has 0 aliphatic carbocycles. The lowest BCUT2D eigenvalue weighted by molar-refractivity contribution is 0.381. The van der Waals surface area contributed by atoms with Gasteiger partial charge in [0.1, 0.15) is 6.33 Å². The number of pyridine rings is 1. The van der Waals surface area contributed by atoms with Gasteiger partial charge in [0.05, 0.1) is 5.39 Å². The third-order valence-electron chi connectivity index (χ3n) is 2.85. The van der Waals surface area contributed by atoms with Crippen LogP contribution in [0.4, 0.5) is 0 Å². The standard InChI is InChI=1S/C13H17N3O/c1-5-9-6-7-14-11-10(9)12(17)16(8-15-11)13(2,3)4/h6-8H,5H2,1-4H3. The fourth-order valence-electron chi connectivity index (χ4n) is 1.88. The lowest BCUT2D eigenvalue weighted by Gasteiger charge is -2.22. The number of fused-ring (bicyclic) bond motifs is 1. The van der Waals surface area contributed by atoms with E-state index >= 15 is 0 Å². The van der Waals surface area contributed by atoms with Crippen LogP contribution in [-0.2, 0) is 12.0 Å². The molecule has 0 aliphatic heterocycles. The first-order valence-electron chi connectivity index (χ1n) is 5.81. The van der Waals surface area contributed by atoms with Crippen LogP contribution in [0.5, 0.6) is 0 Å². The molecule has 0 aliphatic rings. The molecule has 0 atom stereocenters. The van der Waals surface area contributed by atoms with Crippen molar-refractivity contribution in [3.8, 4) is 0 Å². The molecule has 0 radical (unpaired) electrons. The summed E-state index contributed by atoms with van der Waals surface area (Å²) in [7, 11) is 0. The first-order chi connectivity index (χ1) is 7.95. The lowest BCUT2D eigenvalue weighted by atomic mass is 10.1. The number of aromatic nitrogens is 3. The second-order valence-corrected chi connectivity index (χ2v) is 5.11. The van der Waals surface area contributed by atoms with E-state index in [-0.39, 0.29) is 11.1 Å². The molecule has 0 unspecified atom stereocenters. The van der Waals surface area contributed by atoms with Gasteiger partial charge in [-0.1, -0.05) is 6.92 Å². The van der Waals surface area contributed by atoms with Crippen LogP contribution in [0.1, 0.15) is 33.3 Å². The van der Waals surface area contributed by atoms with Gasteiger partial charge < -0.3 is 0 Å². The summed E-state index contributed by atoms with van der Waals surface area (Å²) in [5.74, 6) is 0. The van der Waals surface area contributed by atoms with Crippen LogP contribution in [0, 0.1) is 0 Å². The zero-order chi connectivity index (χ0) is 12.6. The highest BCUT2D eigenvalue weighted by molar-refractivity contribution is 5.77. The van der Waals surface area contributed by atoms with Crippen molar-refractivity contribution in [2.24, 2.45) is 0 Å². The Balaban J connectivity index is 2.88. The summed E-state index contributed by atoms with van der Waals surface area (Å²) in [6, 6.07) is 1.89. The van der Waals surface area contributed by atoms with Crippen molar-refractivity contribution in [3.63, 3.8) is 0 Å². The topological polar surface area (TPSA) is 47.8 Å². The van der Waals surface area contributed by atoms with Crippen molar-refractivity contribution in [3.05, 3.63) is 34.5 Å². The predicted octanol–water partition coefficient (Wildman–Crippen LogP) is 2.11. The van der Waals surface area contributed by atoms with Gasteiger partial charge in [-0.2, -0.15) is 0 Å². The van der Waals surface area contributed by atoms with Crippen molar-refractivity contribution in [1.82, 2.24) is 14.5 Å². The molecular formula is C13H17N3O. The summed E-state index contributed by atoms with van der Waals surface area (Å²) >= 11 is 0. The maximum Gasteiger partial charge on any atom is 0.263 e. The second kappa shape index (κ2) is 3.95. The van der Waals surface area contributed by atoms with Crippen molar-refractivity contribution < 1.29 is 0 Å². The van der Waals surface area contributed by atoms with E-state index in [1.165, 1.54) is 0 Å². The van der Waals surface area contributed by atoms with E-state index < -0.39 is 0 Å². The average Bonchev–Trinajstić information content (AvgIpc) is 2.27. The third kappa shape index (κ3) is 1.95. The van der Waals surface area contributed by atoms with Gasteiger partial charge in [-0.15, -0.1) is 0 Å². The number of hydrogen-bond donors (Lipinski definition) is 0. The van der Waals surface area contributed by atoms with Gasteiger partial charge in [0.2, 0.25) is 0 Å². The summed E-state index contributed by atoms with van der Waals surface area (Å²) < 4.78 is 1.66. The molecule has 0 saturated carbocycles. The Morgan fingerprint density at radius 2 is 2.00 bits per heavy atom. The number of aryl methyl sites for hydroxylation is 1. The van der Waals surface area contributed by atoms with Crippen molar-refractivity contribution in [2.75, 3.05) is 0 Å². The highest BCUT2D eigenvalue weighted by atomic mass is 16.1. The molecule has 0 saturated heterocycles. The molecule has 4 nitrogen and oxygen atoms in total. The molecule has 2 heterocycles. The molecule has 17 heavy (non-hydrogen) atoms. The number of nitrogens with zero attached hydrogens (tertiary/aromatic N) is 3. The molecule has 2 aromatic heterocycles. The summed E-state index contributed by atoms with van der Waals surface area (Å²) in [6.07, 6.45) is 4.09. The molecule has 0 spiro atoms. The molecule has 2 rings (SSSR count). The van der Waals surface area contributed by atoms with E-state index in [1.807, 2.05) is 33.8 Å². The Hall–Kier alpha value is -1.71. The van der Waals surface area contributed by atoms with E-state index in [1.54, 1.807) is 17.1 Å². The molecule has 0 bridgehead atoms. The van der Waals surface area contributed by atoms with Crippen LogP contribution in [0.2, 0.25) is 0 Å². The molecule has 2 aromatic rings. The Kier molecular flexibility index (Phi) is 2.73. The van der Waals surface area contributed by atoms with Crippen LogP contribution in [0.15, 0.2) is 23.4 Å². The van der Waals surface area contributed by atoms with E-state index in [0.29, 0.717) is 11.0 Å². The highest BCUT2D eigenvalue weighted by Crippen LogP contribution is 2.15. The first-order valence-corrected chi connectivity index (χ1v) is 5.81. The summed E-state index contributed by atoms with van der Waals surface area (Å²) in [6.45, 7) is 8.00. The Labute approximate surface area is 100 Å². The minimum absolute atomic E-state index is 0.00699. The van der Waals surface area contributed by atoms with E-state index in [0.717, 1.165) is 12.0 Å². The zero-order valence-electron chi connectivity index (χ0n) is 10.7. The number of hydrogen-bond acceptors (Lipinski definition) is 3. The Morgan fingerprint density at radius 1 is 1.29 bits per heavy atom. The van der Waals surface area contributed by atoms with Crippen LogP contribution in [-0.4, -0.2) is 14.5 Å². The molecule has 0 amide bonds. The van der Waals surface area contributed by atoms with Gasteiger partial charge in [-0.05, 0) is 38.8 Å². The Morgan fingerprint density at radius 3 is 2.59 bits per heavy atom. The van der Waals surface area contributed by atoms with Crippen LogP contribution < -0.4 is 5.56 Å². The fraction of sp³-hybridized carbons (Fsp3) is 0.462. The van der Waals surface area contributed by atoms with Gasteiger partial charge in [-0.25, -0.2) is 9.97 Å². The molecular weight excluding hydrogens is 214 g/mol. The van der Waals surface area contributed by atoms with Crippen LogP contribution >= 0.6 is 0 Å². The van der Waals surface area contributed by atoms with E-state index in [4.69, 9.17) is 0 Å². The monoisotopic (exact) mass is 231 g/mol. The maximum absolute atomic E-state index is 12.4. The van der Waals surface area contributed by atoms with Crippen molar-refractivity contribution in [1.29, 1.82) is 0 Å². The van der Waals surface area contributed by atoms with Crippen molar-refractivity contribution >= 4 is 11.0 Å². The predicted molar refractivity (Wildman–Crippen MR) is 68.2 cm³/mol. The van der Waals surface area contributed by atoms with Gasteiger partial charge in [-0.3, -0.25) is 9.36 Å². The SMILES string of the molecule is CCc1ccnc2ncn(C(C)(C)C)c(=O)c12. The van der Waals surface area contributed by atoms with E-state index in [2.05, 4.69) is 9.97 Å². The largest absolute Gasteiger partial charge is 0.293 e. The molecule has 90 valence electrons. The third-order valence-corrected chi connectivity index (χ3v) is 2.85. The highest BCUT2D eigenvalue weighted by Gasteiger charge is 2.17. The smallest absolute Gasteiger partial charge is 0.263 e. The molecule has 4 heteroatoms. The summed E-state index contributed by atoms with van der Waals surface area (Å²) in [5.41, 5.74) is 1.27. The van der Waals surface area contributed by atoms with Gasteiger partial charge in [0.25, 0.3) is 5.56 Å². The van der Waals surface area contributed by atoms with Crippen LogP contribution in [0.3, 0.4) is 0 Å². The van der Waals surface area contributed by atoms with Crippen LogP contribution in [0.25, 0.3) is 11.0 Å². The van der Waals surface area contributed by atoms with Gasteiger partial charge in [0, 0.05) is 11.7 Å². The minimum Gasteiger partial charge on any atom is -0.293 e. The lowest BCUT2D eigenvalue weighted by Crippen LogP contribution is -2.34. The average molecular weight is 231 g/mol. The first kappa shape index (κ1) is 11.8. The molecule has 0 aromatic carbocycles. The molecule has 0 N–H and O–H groups in total. The minimum atomic E-state index is -0.265. The number of rotatable bonds is 1. The fourth-order valence-corrected chi connectivity index (χ4v) is 1.88. The quantitative estimate of drug-likeness (QED) is 0.755. The zero-order valence-corrected chi connectivity index (χ0v) is 10.7. The Bertz CT molecular complexity index is 608. The normalized spacial score (nSPS) is 12.0. The maximum atomic E-state index is 12.4. The summed E-state index contributed by atoms with van der Waals surface area (Å²) in [4.78, 5) is 20.9.